The Morgan fingerprint density at radius 3 is 2.67 bits per heavy atom. The maximum Gasteiger partial charge on any atom is 0.330 e. The molecular formula is C9H11IN2O6. The van der Waals surface area contributed by atoms with Crippen molar-refractivity contribution in [2.75, 3.05) is 0 Å². The van der Waals surface area contributed by atoms with Gasteiger partial charge in [-0.25, -0.2) is 4.79 Å². The molecule has 0 bridgehead atoms. The molecule has 1 aromatic heterocycles. The van der Waals surface area contributed by atoms with E-state index >= 15 is 0 Å². The van der Waals surface area contributed by atoms with Crippen LogP contribution in [0.2, 0.25) is 0 Å². The number of hydrogen-bond donors (Lipinski definition) is 4. The molecule has 2 heterocycles. The van der Waals surface area contributed by atoms with Gasteiger partial charge in [-0.1, -0.05) is 0 Å². The van der Waals surface area contributed by atoms with Gasteiger partial charge in [0.1, 0.15) is 22.4 Å². The van der Waals surface area contributed by atoms with E-state index < -0.39 is 39.9 Å². The largest absolute Gasteiger partial charge is 0.387 e. The number of aromatic amines is 1. The van der Waals surface area contributed by atoms with Crippen LogP contribution in [-0.2, 0) is 4.74 Å². The first-order chi connectivity index (χ1) is 8.77. The van der Waals surface area contributed by atoms with Gasteiger partial charge in [0.25, 0.3) is 5.56 Å². The van der Waals surface area contributed by atoms with Gasteiger partial charge in [-0.15, -0.1) is 0 Å². The second-order valence-corrected chi connectivity index (χ2v) is 4.99. The van der Waals surface area contributed by atoms with Crippen LogP contribution in [-0.4, -0.2) is 47.3 Å². The van der Waals surface area contributed by atoms with E-state index in [-0.39, 0.29) is 0 Å². The second kappa shape index (κ2) is 5.09. The Labute approximate surface area is 115 Å². The third-order valence-corrected chi connectivity index (χ3v) is 3.21. The lowest BCUT2D eigenvalue weighted by atomic mass is 10.1. The minimum absolute atomic E-state index is 0.640. The minimum Gasteiger partial charge on any atom is -0.387 e. The Balaban J connectivity index is 2.48. The van der Waals surface area contributed by atoms with Crippen molar-refractivity contribution < 1.29 is 21.4 Å². The molecule has 100 valence electrons. The highest BCUT2D eigenvalue weighted by Gasteiger charge is 2.46. The summed E-state index contributed by atoms with van der Waals surface area (Å²) in [5.41, 5.74) is -1.62. The van der Waals surface area contributed by atoms with Gasteiger partial charge in [0.15, 0.2) is 6.20 Å². The number of halogens is 1. The summed E-state index contributed by atoms with van der Waals surface area (Å²) >= 11 is 1.55. The summed E-state index contributed by atoms with van der Waals surface area (Å²) in [7, 11) is 0. The number of H-pyrrole nitrogens is 1. The van der Waals surface area contributed by atoms with E-state index in [2.05, 4.69) is 0 Å². The van der Waals surface area contributed by atoms with Gasteiger partial charge in [0.2, 0.25) is 0 Å². The van der Waals surface area contributed by atoms with Gasteiger partial charge in [-0.3, -0.25) is 14.3 Å². The highest BCUT2D eigenvalue weighted by atomic mass is 127. The van der Waals surface area contributed by atoms with E-state index in [1.807, 2.05) is 4.98 Å². The number of nitrogens with one attached hydrogen (secondary N) is 1. The monoisotopic (exact) mass is 371 g/mol. The molecule has 0 amide bonds. The van der Waals surface area contributed by atoms with E-state index in [1.165, 1.54) is 0 Å². The topological polar surface area (TPSA) is 125 Å². The molecule has 18 heavy (non-hydrogen) atoms. The number of rotatable bonds is 2. The van der Waals surface area contributed by atoms with Gasteiger partial charge in [0, 0.05) is 12.3 Å². The molecule has 0 aliphatic carbocycles. The average Bonchev–Trinajstić information content (AvgIpc) is 2.54. The lowest BCUT2D eigenvalue weighted by Crippen LogP contribution is -2.38. The fraction of sp³-hybridized carbons (Fsp3) is 0.556. The molecule has 0 saturated carbocycles. The number of aliphatic hydroxyl groups is 3. The molecule has 0 spiro atoms. The number of hydrogen-bond acceptors (Lipinski definition) is 6. The van der Waals surface area contributed by atoms with Gasteiger partial charge in [-0.05, 0) is 22.6 Å². The van der Waals surface area contributed by atoms with Crippen LogP contribution in [0.1, 0.15) is 7.57 Å². The van der Waals surface area contributed by atoms with Crippen molar-refractivity contribution in [1.82, 2.24) is 9.55 Å². The van der Waals surface area contributed by atoms with Gasteiger partial charge in [0.05, 0.1) is 1.37 Å². The number of aromatic nitrogens is 2. The predicted molar refractivity (Wildman–Crippen MR) is 67.3 cm³/mol. The van der Waals surface area contributed by atoms with Crippen LogP contribution >= 0.6 is 22.6 Å². The van der Waals surface area contributed by atoms with Crippen molar-refractivity contribution in [3.63, 3.8) is 0 Å². The van der Waals surface area contributed by atoms with Crippen molar-refractivity contribution >= 4 is 22.6 Å². The molecule has 4 N–H and O–H groups in total. The summed E-state index contributed by atoms with van der Waals surface area (Å²) in [5.74, 6) is 0. The van der Waals surface area contributed by atoms with Gasteiger partial charge >= 0.3 is 5.69 Å². The second-order valence-electron chi connectivity index (χ2n) is 3.71. The summed E-state index contributed by atoms with van der Waals surface area (Å²) in [6, 6.07) is 0.980. The highest BCUT2D eigenvalue weighted by Crippen LogP contribution is 2.31. The van der Waals surface area contributed by atoms with Crippen LogP contribution in [0.25, 0.3) is 0 Å². The maximum atomic E-state index is 11.6. The van der Waals surface area contributed by atoms with Crippen molar-refractivity contribution in [2.24, 2.45) is 0 Å². The van der Waals surface area contributed by atoms with Crippen LogP contribution in [0.4, 0.5) is 0 Å². The fourth-order valence-corrected chi connectivity index (χ4v) is 2.19. The van der Waals surface area contributed by atoms with Gasteiger partial charge < -0.3 is 20.1 Å². The Bertz CT molecular complexity index is 589. The SMILES string of the molecule is [2H][C@@]1(n2ccc(=O)[nH]c2=O)O[C@H](C(O)I)[C@@H](O)[C@H]1O. The number of alkyl halides is 1. The molecule has 0 aromatic carbocycles. The van der Waals surface area contributed by atoms with Crippen LogP contribution in [0, 0.1) is 0 Å². The first-order valence-corrected chi connectivity index (χ1v) is 6.20. The molecule has 0 radical (unpaired) electrons. The van der Waals surface area contributed by atoms with E-state index in [0.717, 1.165) is 12.3 Å². The van der Waals surface area contributed by atoms with E-state index in [1.54, 1.807) is 22.6 Å². The first kappa shape index (κ1) is 12.3. The molecule has 1 unspecified atom stereocenters. The molecule has 5 atom stereocenters. The molecule has 1 fully saturated rings. The molecule has 2 rings (SSSR count). The summed E-state index contributed by atoms with van der Waals surface area (Å²) < 4.78 is 12.5. The summed E-state index contributed by atoms with van der Waals surface area (Å²) in [6.45, 7) is 0. The maximum absolute atomic E-state index is 11.6. The molecule has 8 nitrogen and oxygen atoms in total. The number of nitrogens with zero attached hydrogens (tertiary/aromatic N) is 1. The van der Waals surface area contributed by atoms with Crippen LogP contribution in [0.5, 0.6) is 0 Å². The molecule has 9 heteroatoms. The number of aliphatic hydroxyl groups excluding tert-OH is 3. The number of ether oxygens (including phenoxy) is 1. The van der Waals surface area contributed by atoms with E-state index in [9.17, 15) is 24.9 Å². The summed E-state index contributed by atoms with van der Waals surface area (Å²) in [5, 5.41) is 29.0. The van der Waals surface area contributed by atoms with Crippen molar-refractivity contribution in [3.8, 4) is 0 Å². The predicted octanol–water partition coefficient (Wildman–Crippen LogP) is -2.09. The smallest absolute Gasteiger partial charge is 0.330 e. The molecule has 1 aliphatic rings. The lowest BCUT2D eigenvalue weighted by molar-refractivity contribution is -0.0593. The Kier molecular flexibility index (Phi) is 3.48. The zero-order valence-corrected chi connectivity index (χ0v) is 11.0. The fourth-order valence-electron chi connectivity index (χ4n) is 1.61. The zero-order chi connectivity index (χ0) is 14.4. The Morgan fingerprint density at radius 1 is 1.50 bits per heavy atom. The zero-order valence-electron chi connectivity index (χ0n) is 9.86. The Morgan fingerprint density at radius 2 is 2.17 bits per heavy atom. The molecular weight excluding hydrogens is 359 g/mol. The summed E-state index contributed by atoms with van der Waals surface area (Å²) in [6.07, 6.45) is -5.87. The normalized spacial score (nSPS) is 38.4. The van der Waals surface area contributed by atoms with Crippen LogP contribution in [0.15, 0.2) is 21.9 Å². The van der Waals surface area contributed by atoms with E-state index in [4.69, 9.17) is 6.11 Å². The lowest BCUT2D eigenvalue weighted by Gasteiger charge is -2.16. The van der Waals surface area contributed by atoms with E-state index in [0.29, 0.717) is 4.57 Å². The molecule has 1 saturated heterocycles. The van der Waals surface area contributed by atoms with Crippen molar-refractivity contribution in [2.45, 2.75) is 28.6 Å². The third kappa shape index (κ3) is 2.36. The molecule has 1 aromatic rings. The summed E-state index contributed by atoms with van der Waals surface area (Å²) in [4.78, 5) is 24.5. The van der Waals surface area contributed by atoms with Crippen LogP contribution in [0.3, 0.4) is 0 Å². The quantitative estimate of drug-likeness (QED) is 0.349. The molecule has 1 aliphatic heterocycles. The van der Waals surface area contributed by atoms with Crippen LogP contribution < -0.4 is 11.2 Å². The van der Waals surface area contributed by atoms with Crippen molar-refractivity contribution in [1.29, 1.82) is 0 Å². The standard InChI is InChI=1S/C9H11IN2O6/c10-7(16)6-4(14)5(15)8(18-6)12-2-1-3(13)11-9(12)17/h1-2,4-8,14-16H,(H,11,13,17)/t4-,5+,6-,7?,8+/m0/s1/i8D. The third-order valence-electron chi connectivity index (χ3n) is 2.50. The Hall–Kier alpha value is -0.750. The highest BCUT2D eigenvalue weighted by molar-refractivity contribution is 14.1. The van der Waals surface area contributed by atoms with Crippen molar-refractivity contribution in [3.05, 3.63) is 33.1 Å². The minimum atomic E-state index is -2.32. The first-order valence-electron chi connectivity index (χ1n) is 5.46. The average molecular weight is 371 g/mol. The van der Waals surface area contributed by atoms with Gasteiger partial charge in [-0.2, -0.15) is 0 Å².